The van der Waals surface area contributed by atoms with Gasteiger partial charge in [0.1, 0.15) is 5.82 Å². The van der Waals surface area contributed by atoms with Crippen LogP contribution in [0, 0.1) is 6.92 Å². The molecule has 2 N–H and O–H groups in total. The van der Waals surface area contributed by atoms with Crippen molar-refractivity contribution < 1.29 is 9.90 Å². The third-order valence-corrected chi connectivity index (χ3v) is 3.24. The number of nitrogens with one attached hydrogen (secondary N) is 1. The molecule has 0 aliphatic rings. The first kappa shape index (κ1) is 15.0. The minimum absolute atomic E-state index is 0.263. The first-order valence-electron chi connectivity index (χ1n) is 6.97. The maximum atomic E-state index is 11.2. The number of anilines is 1. The molecule has 2 heterocycles. The number of aromatic nitrogens is 2. The Balaban J connectivity index is 2.19. The van der Waals surface area contributed by atoms with Crippen molar-refractivity contribution in [3.05, 3.63) is 53.0 Å². The maximum absolute atomic E-state index is 11.2. The van der Waals surface area contributed by atoms with Crippen molar-refractivity contribution in [1.82, 2.24) is 9.97 Å². The van der Waals surface area contributed by atoms with Crippen LogP contribution in [0.25, 0.3) is 0 Å². The van der Waals surface area contributed by atoms with Gasteiger partial charge in [-0.05, 0) is 42.7 Å². The Hall–Kier alpha value is -2.43. The van der Waals surface area contributed by atoms with Gasteiger partial charge in [0.05, 0.1) is 5.56 Å². The number of carboxylic acid groups (broad SMARTS) is 1. The Labute approximate surface area is 124 Å². The van der Waals surface area contributed by atoms with E-state index in [1.165, 1.54) is 0 Å². The van der Waals surface area contributed by atoms with E-state index < -0.39 is 5.97 Å². The molecule has 0 aliphatic carbocycles. The molecule has 0 aromatic carbocycles. The highest BCUT2D eigenvalue weighted by molar-refractivity contribution is 5.88. The fourth-order valence-electron chi connectivity index (χ4n) is 2.05. The minimum atomic E-state index is -0.935. The molecule has 0 saturated heterocycles. The zero-order valence-electron chi connectivity index (χ0n) is 12.3. The Kier molecular flexibility index (Phi) is 4.87. The van der Waals surface area contributed by atoms with Gasteiger partial charge in [0.25, 0.3) is 0 Å². The fourth-order valence-corrected chi connectivity index (χ4v) is 2.05. The Bertz CT molecular complexity index is 641. The van der Waals surface area contributed by atoms with Gasteiger partial charge in [-0.15, -0.1) is 0 Å². The lowest BCUT2D eigenvalue weighted by molar-refractivity contribution is 0.0696. The predicted molar refractivity (Wildman–Crippen MR) is 81.5 cm³/mol. The molecule has 0 spiro atoms. The van der Waals surface area contributed by atoms with Gasteiger partial charge in [-0.2, -0.15) is 0 Å². The van der Waals surface area contributed by atoms with E-state index in [1.807, 2.05) is 19.9 Å². The van der Waals surface area contributed by atoms with E-state index in [0.717, 1.165) is 29.7 Å². The number of nitrogens with zero attached hydrogens (tertiary/aromatic N) is 2. The molecule has 2 aromatic heterocycles. The first-order chi connectivity index (χ1) is 10.1. The maximum Gasteiger partial charge on any atom is 0.335 e. The topological polar surface area (TPSA) is 75.1 Å². The second-order valence-corrected chi connectivity index (χ2v) is 4.94. The molecule has 0 fully saturated rings. The molecular formula is C16H19N3O2. The zero-order valence-corrected chi connectivity index (χ0v) is 12.3. The molecule has 0 atom stereocenters. The zero-order chi connectivity index (χ0) is 15.2. The van der Waals surface area contributed by atoms with Crippen LogP contribution in [0.5, 0.6) is 0 Å². The average molecular weight is 285 g/mol. The normalized spacial score (nSPS) is 10.4. The van der Waals surface area contributed by atoms with Crippen LogP contribution in [0.4, 0.5) is 5.82 Å². The summed E-state index contributed by atoms with van der Waals surface area (Å²) in [5.41, 5.74) is 3.26. The van der Waals surface area contributed by atoms with Crippen molar-refractivity contribution in [2.75, 3.05) is 5.32 Å². The highest BCUT2D eigenvalue weighted by Crippen LogP contribution is 2.14. The summed E-state index contributed by atoms with van der Waals surface area (Å²) in [6.45, 7) is 4.63. The van der Waals surface area contributed by atoms with Gasteiger partial charge >= 0.3 is 5.97 Å². The van der Waals surface area contributed by atoms with E-state index >= 15 is 0 Å². The Morgan fingerprint density at radius 1 is 1.38 bits per heavy atom. The summed E-state index contributed by atoms with van der Waals surface area (Å²) in [7, 11) is 0. The van der Waals surface area contributed by atoms with E-state index in [0.29, 0.717) is 12.4 Å². The molecule has 0 radical (unpaired) electrons. The van der Waals surface area contributed by atoms with Crippen molar-refractivity contribution in [1.29, 1.82) is 0 Å². The van der Waals surface area contributed by atoms with E-state index in [1.54, 1.807) is 24.5 Å². The van der Waals surface area contributed by atoms with Crippen molar-refractivity contribution >= 4 is 11.8 Å². The van der Waals surface area contributed by atoms with Crippen LogP contribution in [0.3, 0.4) is 0 Å². The third-order valence-electron chi connectivity index (χ3n) is 3.24. The van der Waals surface area contributed by atoms with Gasteiger partial charge in [0.2, 0.25) is 0 Å². The molecule has 5 heteroatoms. The van der Waals surface area contributed by atoms with Gasteiger partial charge in [-0.25, -0.2) is 9.78 Å². The second-order valence-electron chi connectivity index (χ2n) is 4.94. The standard InChI is InChI=1S/C16H19N3O2/c1-3-4-14-7-12(16(20)21)8-15(19-14)18-10-13-9-17-6-5-11(13)2/h5-9H,3-4,10H2,1-2H3,(H,18,19)(H,20,21). The van der Waals surface area contributed by atoms with Gasteiger partial charge in [-0.3, -0.25) is 4.98 Å². The molecule has 110 valence electrons. The van der Waals surface area contributed by atoms with Crippen molar-refractivity contribution in [3.8, 4) is 0 Å². The Morgan fingerprint density at radius 3 is 2.86 bits per heavy atom. The van der Waals surface area contributed by atoms with Gasteiger partial charge in [-0.1, -0.05) is 13.3 Å². The van der Waals surface area contributed by atoms with Crippen molar-refractivity contribution in [2.24, 2.45) is 0 Å². The SMILES string of the molecule is CCCc1cc(C(=O)O)cc(NCc2cnccc2C)n1. The molecule has 2 aromatic rings. The number of pyridine rings is 2. The highest BCUT2D eigenvalue weighted by atomic mass is 16.4. The first-order valence-corrected chi connectivity index (χ1v) is 6.97. The summed E-state index contributed by atoms with van der Waals surface area (Å²) < 4.78 is 0. The number of carbonyl (C=O) groups is 1. The summed E-state index contributed by atoms with van der Waals surface area (Å²) in [6.07, 6.45) is 5.25. The van der Waals surface area contributed by atoms with Crippen LogP contribution >= 0.6 is 0 Å². The summed E-state index contributed by atoms with van der Waals surface area (Å²) >= 11 is 0. The van der Waals surface area contributed by atoms with E-state index in [2.05, 4.69) is 15.3 Å². The van der Waals surface area contributed by atoms with E-state index in [4.69, 9.17) is 5.11 Å². The fraction of sp³-hybridized carbons (Fsp3) is 0.312. The summed E-state index contributed by atoms with van der Waals surface area (Å²) in [4.78, 5) is 19.7. The lowest BCUT2D eigenvalue weighted by atomic mass is 10.1. The lowest BCUT2D eigenvalue weighted by Crippen LogP contribution is -2.07. The predicted octanol–water partition coefficient (Wildman–Crippen LogP) is 3.05. The summed E-state index contributed by atoms with van der Waals surface area (Å²) in [6, 6.07) is 5.14. The third kappa shape index (κ3) is 4.02. The second kappa shape index (κ2) is 6.83. The molecule has 0 saturated carbocycles. The molecule has 5 nitrogen and oxygen atoms in total. The van der Waals surface area contributed by atoms with E-state index in [-0.39, 0.29) is 5.56 Å². The monoisotopic (exact) mass is 285 g/mol. The number of aryl methyl sites for hydroxylation is 2. The quantitative estimate of drug-likeness (QED) is 0.853. The number of hydrogen-bond acceptors (Lipinski definition) is 4. The van der Waals surface area contributed by atoms with Crippen molar-refractivity contribution in [3.63, 3.8) is 0 Å². The number of rotatable bonds is 6. The van der Waals surface area contributed by atoms with Crippen molar-refractivity contribution in [2.45, 2.75) is 33.2 Å². The lowest BCUT2D eigenvalue weighted by Gasteiger charge is -2.10. The minimum Gasteiger partial charge on any atom is -0.478 e. The van der Waals surface area contributed by atoms with Crippen LogP contribution < -0.4 is 5.32 Å². The molecule has 0 amide bonds. The highest BCUT2D eigenvalue weighted by Gasteiger charge is 2.08. The number of carboxylic acids is 1. The van der Waals surface area contributed by atoms with Crippen LogP contribution in [0.1, 0.15) is 40.5 Å². The van der Waals surface area contributed by atoms with Gasteiger partial charge in [0.15, 0.2) is 0 Å². The average Bonchev–Trinajstić information content (AvgIpc) is 2.46. The molecule has 2 rings (SSSR count). The molecular weight excluding hydrogens is 266 g/mol. The van der Waals surface area contributed by atoms with Gasteiger partial charge < -0.3 is 10.4 Å². The van der Waals surface area contributed by atoms with E-state index in [9.17, 15) is 4.79 Å². The largest absolute Gasteiger partial charge is 0.478 e. The van der Waals surface area contributed by atoms with Crippen LogP contribution in [0.15, 0.2) is 30.6 Å². The molecule has 0 unspecified atom stereocenters. The summed E-state index contributed by atoms with van der Waals surface area (Å²) in [5, 5.41) is 12.3. The van der Waals surface area contributed by atoms with Crippen LogP contribution in [-0.4, -0.2) is 21.0 Å². The summed E-state index contributed by atoms with van der Waals surface area (Å²) in [5.74, 6) is -0.350. The molecule has 21 heavy (non-hydrogen) atoms. The molecule has 0 bridgehead atoms. The number of hydrogen-bond donors (Lipinski definition) is 2. The molecule has 0 aliphatic heterocycles. The smallest absolute Gasteiger partial charge is 0.335 e. The van der Waals surface area contributed by atoms with Gasteiger partial charge in [0, 0.05) is 24.6 Å². The van der Waals surface area contributed by atoms with Crippen LogP contribution in [0.2, 0.25) is 0 Å². The number of aromatic carboxylic acids is 1. The Morgan fingerprint density at radius 2 is 2.19 bits per heavy atom. The van der Waals surface area contributed by atoms with Crippen LogP contribution in [-0.2, 0) is 13.0 Å².